The maximum absolute atomic E-state index is 12.7. The lowest BCUT2D eigenvalue weighted by Gasteiger charge is -2.26. The van der Waals surface area contributed by atoms with Crippen LogP contribution >= 0.6 is 0 Å². The molecule has 3 saturated heterocycles. The van der Waals surface area contributed by atoms with Crippen LogP contribution in [0.15, 0.2) is 10.6 Å². The van der Waals surface area contributed by atoms with Crippen LogP contribution in [0.2, 0.25) is 0 Å². The molecule has 0 aliphatic carbocycles. The summed E-state index contributed by atoms with van der Waals surface area (Å²) < 4.78 is 10.7. The molecule has 7 heteroatoms. The van der Waals surface area contributed by atoms with Gasteiger partial charge in [-0.3, -0.25) is 9.59 Å². The lowest BCUT2D eigenvalue weighted by molar-refractivity contribution is -0.126. The fourth-order valence-corrected chi connectivity index (χ4v) is 4.50. The van der Waals surface area contributed by atoms with Crippen molar-refractivity contribution in [2.45, 2.75) is 63.6 Å². The Bertz CT molecular complexity index is 653. The minimum Gasteiger partial charge on any atom is -0.376 e. The van der Waals surface area contributed by atoms with Crippen LogP contribution in [0.5, 0.6) is 0 Å². The molecule has 0 saturated carbocycles. The highest BCUT2D eigenvalue weighted by atomic mass is 16.5. The normalized spacial score (nSPS) is 31.3. The number of fused-ring (bicyclic) bond motifs is 2. The predicted molar refractivity (Wildman–Crippen MR) is 88.9 cm³/mol. The second-order valence-electron chi connectivity index (χ2n) is 7.41. The molecule has 0 spiro atoms. The van der Waals surface area contributed by atoms with Gasteiger partial charge in [-0.2, -0.15) is 0 Å². The second kappa shape index (κ2) is 6.78. The van der Waals surface area contributed by atoms with Gasteiger partial charge in [0.05, 0.1) is 12.0 Å². The van der Waals surface area contributed by atoms with E-state index in [4.69, 9.17) is 9.26 Å². The van der Waals surface area contributed by atoms with E-state index in [1.165, 1.54) is 0 Å². The van der Waals surface area contributed by atoms with Gasteiger partial charge < -0.3 is 19.5 Å². The van der Waals surface area contributed by atoms with Crippen LogP contribution in [0, 0.1) is 12.8 Å². The van der Waals surface area contributed by atoms with Crippen molar-refractivity contribution in [2.24, 2.45) is 5.92 Å². The van der Waals surface area contributed by atoms with E-state index in [0.29, 0.717) is 18.0 Å². The average molecular weight is 347 g/mol. The monoisotopic (exact) mass is 347 g/mol. The van der Waals surface area contributed by atoms with Gasteiger partial charge in [0.2, 0.25) is 5.91 Å². The summed E-state index contributed by atoms with van der Waals surface area (Å²) in [6.45, 7) is 3.13. The molecule has 0 radical (unpaired) electrons. The Morgan fingerprint density at radius 3 is 2.92 bits per heavy atom. The Morgan fingerprint density at radius 1 is 1.32 bits per heavy atom. The molecule has 4 heterocycles. The third kappa shape index (κ3) is 3.17. The molecule has 1 aromatic heterocycles. The van der Waals surface area contributed by atoms with Crippen molar-refractivity contribution >= 4 is 11.8 Å². The number of ether oxygens (including phenoxy) is 1. The van der Waals surface area contributed by atoms with E-state index in [2.05, 4.69) is 10.5 Å². The number of nitrogens with zero attached hydrogens (tertiary/aromatic N) is 2. The van der Waals surface area contributed by atoms with Crippen molar-refractivity contribution in [1.82, 2.24) is 15.4 Å². The highest BCUT2D eigenvalue weighted by Crippen LogP contribution is 2.42. The van der Waals surface area contributed by atoms with Gasteiger partial charge >= 0.3 is 0 Å². The lowest BCUT2D eigenvalue weighted by atomic mass is 9.88. The van der Waals surface area contributed by atoms with Crippen LogP contribution in [0.3, 0.4) is 0 Å². The maximum atomic E-state index is 12.7. The first-order valence-corrected chi connectivity index (χ1v) is 9.29. The fourth-order valence-electron chi connectivity index (χ4n) is 4.50. The highest BCUT2D eigenvalue weighted by Gasteiger charge is 2.51. The zero-order chi connectivity index (χ0) is 17.4. The molecule has 2 amide bonds. The minimum atomic E-state index is -0.126. The number of aromatic nitrogens is 1. The quantitative estimate of drug-likeness (QED) is 0.895. The molecule has 1 aromatic rings. The molecule has 2 bridgehead atoms. The first kappa shape index (κ1) is 16.6. The molecule has 3 aliphatic heterocycles. The number of carbonyl (C=O) groups is 2. The summed E-state index contributed by atoms with van der Waals surface area (Å²) in [5.74, 6) is 0.432. The summed E-state index contributed by atoms with van der Waals surface area (Å²) in [7, 11) is 0. The molecule has 3 aliphatic rings. The zero-order valence-corrected chi connectivity index (χ0v) is 14.6. The topological polar surface area (TPSA) is 84.7 Å². The van der Waals surface area contributed by atoms with Gasteiger partial charge in [0.25, 0.3) is 5.91 Å². The van der Waals surface area contributed by atoms with E-state index in [1.807, 2.05) is 4.90 Å². The van der Waals surface area contributed by atoms with Crippen molar-refractivity contribution in [2.75, 3.05) is 13.2 Å². The molecule has 4 rings (SSSR count). The Hall–Kier alpha value is -1.89. The molecule has 25 heavy (non-hydrogen) atoms. The van der Waals surface area contributed by atoms with Gasteiger partial charge in [-0.05, 0) is 45.4 Å². The molecule has 4 atom stereocenters. The van der Waals surface area contributed by atoms with Crippen LogP contribution in [-0.2, 0) is 9.53 Å². The third-order valence-electron chi connectivity index (χ3n) is 5.73. The van der Waals surface area contributed by atoms with E-state index in [1.54, 1.807) is 13.0 Å². The van der Waals surface area contributed by atoms with Crippen molar-refractivity contribution < 1.29 is 18.8 Å². The third-order valence-corrected chi connectivity index (χ3v) is 5.73. The summed E-state index contributed by atoms with van der Waals surface area (Å²) in [5.41, 5.74) is 0.339. The molecule has 1 N–H and O–H groups in total. The van der Waals surface area contributed by atoms with Gasteiger partial charge in [-0.25, -0.2) is 0 Å². The van der Waals surface area contributed by atoms with E-state index in [9.17, 15) is 9.59 Å². The van der Waals surface area contributed by atoms with E-state index in [-0.39, 0.29) is 35.9 Å². The molecule has 136 valence electrons. The van der Waals surface area contributed by atoms with Gasteiger partial charge in [-0.15, -0.1) is 0 Å². The first-order chi connectivity index (χ1) is 12.1. The summed E-state index contributed by atoms with van der Waals surface area (Å²) in [4.78, 5) is 27.3. The largest absolute Gasteiger partial charge is 0.376 e. The smallest absolute Gasteiger partial charge is 0.276 e. The summed E-state index contributed by atoms with van der Waals surface area (Å²) in [6.07, 6.45) is 5.99. The lowest BCUT2D eigenvalue weighted by Crippen LogP contribution is -2.43. The van der Waals surface area contributed by atoms with Crippen molar-refractivity contribution in [3.63, 3.8) is 0 Å². The summed E-state index contributed by atoms with van der Waals surface area (Å²) >= 11 is 0. The first-order valence-electron chi connectivity index (χ1n) is 9.29. The molecule has 7 nitrogen and oxygen atoms in total. The number of hydrogen-bond donors (Lipinski definition) is 1. The van der Waals surface area contributed by atoms with Crippen LogP contribution in [0.1, 0.15) is 54.8 Å². The Kier molecular flexibility index (Phi) is 4.50. The fraction of sp³-hybridized carbons (Fsp3) is 0.722. The van der Waals surface area contributed by atoms with E-state index >= 15 is 0 Å². The SMILES string of the molecule is Cc1cc(C(=O)N2C3CCC2C(C(=O)NCC2CCCCO2)C3)no1. The van der Waals surface area contributed by atoms with E-state index in [0.717, 1.165) is 45.1 Å². The number of rotatable bonds is 4. The van der Waals surface area contributed by atoms with E-state index < -0.39 is 0 Å². The molecular weight excluding hydrogens is 322 g/mol. The Balaban J connectivity index is 1.38. The Morgan fingerprint density at radius 2 is 2.20 bits per heavy atom. The number of nitrogens with one attached hydrogen (secondary N) is 1. The van der Waals surface area contributed by atoms with Crippen LogP contribution in [0.25, 0.3) is 0 Å². The van der Waals surface area contributed by atoms with Crippen molar-refractivity contribution in [1.29, 1.82) is 0 Å². The number of hydrogen-bond acceptors (Lipinski definition) is 5. The molecule has 4 unspecified atom stereocenters. The highest BCUT2D eigenvalue weighted by molar-refractivity contribution is 5.94. The number of aryl methyl sites for hydroxylation is 1. The number of amides is 2. The van der Waals surface area contributed by atoms with Gasteiger partial charge in [0.15, 0.2) is 5.69 Å². The molecule has 3 fully saturated rings. The minimum absolute atomic E-state index is 0.0261. The average Bonchev–Trinajstić information content (AvgIpc) is 3.34. The van der Waals surface area contributed by atoms with Crippen LogP contribution in [-0.4, -0.2) is 53.2 Å². The standard InChI is InChI=1S/C18H25N3O4/c1-11-8-15(20-25-11)18(23)21-12-5-6-16(21)14(9-12)17(22)19-10-13-4-2-3-7-24-13/h8,12-14,16H,2-7,9-10H2,1H3,(H,19,22). The van der Waals surface area contributed by atoms with Gasteiger partial charge in [0, 0.05) is 31.3 Å². The van der Waals surface area contributed by atoms with Gasteiger partial charge in [-0.1, -0.05) is 5.16 Å². The molecular formula is C18H25N3O4. The van der Waals surface area contributed by atoms with Gasteiger partial charge in [0.1, 0.15) is 5.76 Å². The summed E-state index contributed by atoms with van der Waals surface area (Å²) in [6, 6.07) is 1.77. The van der Waals surface area contributed by atoms with Crippen molar-refractivity contribution in [3.05, 3.63) is 17.5 Å². The predicted octanol–water partition coefficient (Wildman–Crippen LogP) is 1.66. The maximum Gasteiger partial charge on any atom is 0.276 e. The van der Waals surface area contributed by atoms with Crippen LogP contribution in [0.4, 0.5) is 0 Å². The zero-order valence-electron chi connectivity index (χ0n) is 14.6. The molecule has 0 aromatic carbocycles. The summed E-state index contributed by atoms with van der Waals surface area (Å²) in [5, 5.41) is 6.89. The Labute approximate surface area is 147 Å². The van der Waals surface area contributed by atoms with Crippen LogP contribution < -0.4 is 5.32 Å². The number of carbonyl (C=O) groups excluding carboxylic acids is 2. The van der Waals surface area contributed by atoms with Crippen molar-refractivity contribution in [3.8, 4) is 0 Å². The second-order valence-corrected chi connectivity index (χ2v) is 7.41.